The topological polar surface area (TPSA) is 159 Å². The van der Waals surface area contributed by atoms with Gasteiger partial charge in [0, 0.05) is 71.4 Å². The van der Waals surface area contributed by atoms with Crippen molar-refractivity contribution in [3.8, 4) is 16.8 Å². The number of rotatable bonds is 8. The number of fused-ring (bicyclic) bond motifs is 3. The van der Waals surface area contributed by atoms with Gasteiger partial charge in [0.1, 0.15) is 16.9 Å². The van der Waals surface area contributed by atoms with Crippen molar-refractivity contribution in [1.82, 2.24) is 25.0 Å². The SMILES string of the molecule is Cc1sc2c(c1C)C(c1ccc(Cl)cc1)=N[C@@H](CC(=O)NCCC(=O)N1CCN(c3ccc(C#CCN)c(C(=O)O)c3)CC1)c1nnc(C)n1-2.Cl. The van der Waals surface area contributed by atoms with Crippen LogP contribution in [0.2, 0.25) is 5.02 Å². The fourth-order valence-electron chi connectivity index (χ4n) is 6.22. The van der Waals surface area contributed by atoms with E-state index >= 15 is 0 Å². The first-order chi connectivity index (χ1) is 24.0. The highest BCUT2D eigenvalue weighted by Gasteiger charge is 2.32. The average Bonchev–Trinajstić information content (AvgIpc) is 3.59. The van der Waals surface area contributed by atoms with Crippen LogP contribution in [0, 0.1) is 32.6 Å². The molecule has 2 aromatic carbocycles. The van der Waals surface area contributed by atoms with E-state index in [0.717, 1.165) is 38.0 Å². The van der Waals surface area contributed by atoms with Gasteiger partial charge >= 0.3 is 5.97 Å². The van der Waals surface area contributed by atoms with E-state index in [-0.39, 0.29) is 55.7 Å². The van der Waals surface area contributed by atoms with Crippen LogP contribution in [0.5, 0.6) is 0 Å². The molecule has 2 aliphatic rings. The molecule has 0 unspecified atom stereocenters. The van der Waals surface area contributed by atoms with E-state index < -0.39 is 12.0 Å². The summed E-state index contributed by atoms with van der Waals surface area (Å²) < 4.78 is 2.00. The van der Waals surface area contributed by atoms with Gasteiger partial charge < -0.3 is 26.0 Å². The number of carboxylic acids is 1. The van der Waals surface area contributed by atoms with Gasteiger partial charge in [-0.25, -0.2) is 4.79 Å². The van der Waals surface area contributed by atoms with Crippen molar-refractivity contribution in [2.24, 2.45) is 10.7 Å². The number of aliphatic imine (C=N–C) groups is 1. The van der Waals surface area contributed by atoms with Crippen LogP contribution in [-0.2, 0) is 9.59 Å². The number of carbonyl (C=O) groups is 3. The number of thiophene rings is 1. The number of aryl methyl sites for hydroxylation is 2. The van der Waals surface area contributed by atoms with Crippen molar-refractivity contribution in [2.45, 2.75) is 39.7 Å². The van der Waals surface area contributed by atoms with Crippen LogP contribution >= 0.6 is 35.3 Å². The molecule has 1 atom stereocenters. The molecule has 0 saturated carbocycles. The quantitative estimate of drug-likeness (QED) is 0.223. The standard InChI is InChI=1S/C36H37ClN8O4S.ClH/c1-21-22(2)50-35-32(21)33(25-6-9-26(37)10-7-25)40-29(34-42-41-23(3)45(34)35)20-30(46)39-14-12-31(47)44-17-15-43(16-18-44)27-11-8-24(5-4-13-38)28(19-27)36(48)49;/h6-11,19,29H,12-18,20,38H2,1-3H3,(H,39,46)(H,48,49);1H/t29-;/m0./s1. The first-order valence-electron chi connectivity index (χ1n) is 16.3. The van der Waals surface area contributed by atoms with E-state index in [2.05, 4.69) is 41.2 Å². The van der Waals surface area contributed by atoms with Gasteiger partial charge in [0.05, 0.1) is 24.2 Å². The Bertz CT molecular complexity index is 2060. The number of nitrogens with zero attached hydrogens (tertiary/aromatic N) is 6. The van der Waals surface area contributed by atoms with Crippen molar-refractivity contribution in [3.05, 3.63) is 91.8 Å². The lowest BCUT2D eigenvalue weighted by molar-refractivity contribution is -0.131. The van der Waals surface area contributed by atoms with Gasteiger partial charge in [0.25, 0.3) is 0 Å². The highest BCUT2D eigenvalue weighted by atomic mass is 35.5. The largest absolute Gasteiger partial charge is 0.478 e. The number of hydrogen-bond donors (Lipinski definition) is 3. The molecule has 2 amide bonds. The van der Waals surface area contributed by atoms with E-state index in [1.807, 2.05) is 46.7 Å². The van der Waals surface area contributed by atoms with Crippen molar-refractivity contribution < 1.29 is 19.5 Å². The zero-order chi connectivity index (χ0) is 35.5. The van der Waals surface area contributed by atoms with Gasteiger partial charge in [0.2, 0.25) is 11.8 Å². The fourth-order valence-corrected chi connectivity index (χ4v) is 7.56. The average molecular weight is 750 g/mol. The minimum Gasteiger partial charge on any atom is -0.478 e. The molecule has 4 N–H and O–H groups in total. The summed E-state index contributed by atoms with van der Waals surface area (Å²) in [7, 11) is 0. The Hall–Kier alpha value is -4.74. The molecule has 0 aliphatic carbocycles. The Balaban J connectivity index is 0.00000504. The molecule has 51 heavy (non-hydrogen) atoms. The van der Waals surface area contributed by atoms with E-state index in [9.17, 15) is 19.5 Å². The fraction of sp³-hybridized carbons (Fsp3) is 0.333. The van der Waals surface area contributed by atoms with Crippen LogP contribution < -0.4 is 16.0 Å². The number of nitrogens with one attached hydrogen (secondary N) is 1. The van der Waals surface area contributed by atoms with Crippen LogP contribution in [0.25, 0.3) is 5.00 Å². The number of piperazine rings is 1. The number of benzene rings is 2. The van der Waals surface area contributed by atoms with E-state index in [4.69, 9.17) is 22.3 Å². The number of halogens is 2. The predicted octanol–water partition coefficient (Wildman–Crippen LogP) is 4.47. The molecule has 4 aromatic rings. The number of nitrogens with two attached hydrogens (primary N) is 1. The van der Waals surface area contributed by atoms with Gasteiger partial charge in [-0.15, -0.1) is 33.9 Å². The molecule has 0 bridgehead atoms. The summed E-state index contributed by atoms with van der Waals surface area (Å²) in [4.78, 5) is 48.4. The second-order valence-corrected chi connectivity index (χ2v) is 13.8. The smallest absolute Gasteiger partial charge is 0.337 e. The Labute approximate surface area is 311 Å². The molecule has 266 valence electrons. The third-order valence-corrected chi connectivity index (χ3v) is 10.4. The number of carbonyl (C=O) groups excluding carboxylic acids is 2. The summed E-state index contributed by atoms with van der Waals surface area (Å²) >= 11 is 7.86. The second kappa shape index (κ2) is 16.1. The number of carboxylic acid groups (broad SMARTS) is 1. The Morgan fingerprint density at radius 1 is 1.06 bits per heavy atom. The van der Waals surface area contributed by atoms with E-state index in [0.29, 0.717) is 48.4 Å². The van der Waals surface area contributed by atoms with Crippen LogP contribution in [0.3, 0.4) is 0 Å². The lowest BCUT2D eigenvalue weighted by Gasteiger charge is -2.36. The predicted molar refractivity (Wildman–Crippen MR) is 201 cm³/mol. The third-order valence-electron chi connectivity index (χ3n) is 8.95. The number of anilines is 1. The van der Waals surface area contributed by atoms with Crippen molar-refractivity contribution in [1.29, 1.82) is 0 Å². The molecule has 1 fully saturated rings. The molecule has 15 heteroatoms. The number of amides is 2. The Morgan fingerprint density at radius 3 is 2.47 bits per heavy atom. The van der Waals surface area contributed by atoms with Gasteiger partial charge in [-0.2, -0.15) is 0 Å². The zero-order valence-corrected chi connectivity index (χ0v) is 30.8. The summed E-state index contributed by atoms with van der Waals surface area (Å²) in [6.45, 7) is 8.42. The second-order valence-electron chi connectivity index (χ2n) is 12.1. The Morgan fingerprint density at radius 2 is 1.78 bits per heavy atom. The number of hydrogen-bond acceptors (Lipinski definition) is 9. The first-order valence-corrected chi connectivity index (χ1v) is 17.5. The van der Waals surface area contributed by atoms with Gasteiger partial charge in [0.15, 0.2) is 5.82 Å². The molecular formula is C36H38Cl2N8O4S. The molecule has 0 spiro atoms. The third kappa shape index (κ3) is 7.94. The minimum absolute atomic E-state index is 0. The molecule has 2 aromatic heterocycles. The molecule has 12 nitrogen and oxygen atoms in total. The summed E-state index contributed by atoms with van der Waals surface area (Å²) in [5.74, 6) is 5.44. The normalized spacial score (nSPS) is 15.0. The van der Waals surface area contributed by atoms with Crippen molar-refractivity contribution in [2.75, 3.05) is 44.2 Å². The maximum Gasteiger partial charge on any atom is 0.337 e. The highest BCUT2D eigenvalue weighted by Crippen LogP contribution is 2.39. The van der Waals surface area contributed by atoms with Crippen LogP contribution in [0.4, 0.5) is 5.69 Å². The van der Waals surface area contributed by atoms with Crippen LogP contribution in [0.15, 0.2) is 47.5 Å². The maximum atomic E-state index is 13.3. The summed E-state index contributed by atoms with van der Waals surface area (Å²) in [6, 6.07) is 12.1. The monoisotopic (exact) mass is 748 g/mol. The van der Waals surface area contributed by atoms with Gasteiger partial charge in [-0.1, -0.05) is 35.6 Å². The highest BCUT2D eigenvalue weighted by molar-refractivity contribution is 7.15. The summed E-state index contributed by atoms with van der Waals surface area (Å²) in [5.41, 5.74) is 10.5. The molecule has 4 heterocycles. The van der Waals surface area contributed by atoms with Crippen LogP contribution in [-0.4, -0.2) is 87.5 Å². The van der Waals surface area contributed by atoms with E-state index in [1.165, 1.54) is 0 Å². The van der Waals surface area contributed by atoms with Crippen molar-refractivity contribution in [3.63, 3.8) is 0 Å². The minimum atomic E-state index is -1.06. The van der Waals surface area contributed by atoms with Gasteiger partial charge in [-0.3, -0.25) is 19.1 Å². The van der Waals surface area contributed by atoms with E-state index in [1.54, 1.807) is 28.4 Å². The first kappa shape index (κ1) is 37.5. The van der Waals surface area contributed by atoms with Crippen molar-refractivity contribution >= 4 is 64.5 Å². The maximum absolute atomic E-state index is 13.3. The number of aromatic nitrogens is 3. The summed E-state index contributed by atoms with van der Waals surface area (Å²) in [6.07, 6.45) is 0.183. The van der Waals surface area contributed by atoms with Gasteiger partial charge in [-0.05, 0) is 56.7 Å². The lowest BCUT2D eigenvalue weighted by Crippen LogP contribution is -2.49. The zero-order valence-electron chi connectivity index (χ0n) is 28.4. The molecule has 1 saturated heterocycles. The Kier molecular flexibility index (Phi) is 11.8. The molecular weight excluding hydrogens is 711 g/mol. The molecule has 0 radical (unpaired) electrons. The molecule has 6 rings (SSSR count). The molecule has 2 aliphatic heterocycles. The number of aromatic carboxylic acids is 1. The lowest BCUT2D eigenvalue weighted by atomic mass is 9.99. The summed E-state index contributed by atoms with van der Waals surface area (Å²) in [5, 5.41) is 23.0. The van der Waals surface area contributed by atoms with Crippen LogP contribution in [0.1, 0.15) is 68.0 Å².